The molecule has 0 unspecified atom stereocenters. The minimum absolute atomic E-state index is 0.331. The summed E-state index contributed by atoms with van der Waals surface area (Å²) in [6.45, 7) is 3.26. The van der Waals surface area contributed by atoms with Gasteiger partial charge in [-0.2, -0.15) is 11.8 Å². The first-order valence-corrected chi connectivity index (χ1v) is 11.2. The Balaban J connectivity index is 1.24. The molecule has 0 atom stereocenters. The Bertz CT molecular complexity index is 993. The second kappa shape index (κ2) is 8.93. The lowest BCUT2D eigenvalue weighted by Crippen LogP contribution is -2.34. The number of rotatable bonds is 7. The van der Waals surface area contributed by atoms with Crippen molar-refractivity contribution in [2.45, 2.75) is 24.5 Å². The lowest BCUT2D eigenvalue weighted by Gasteiger charge is -2.32. The van der Waals surface area contributed by atoms with Crippen molar-refractivity contribution in [2.24, 2.45) is 0 Å². The number of phenolic OH excluding ortho intramolecular Hbond substituents is 1. The molecule has 3 aromatic rings. The Hall–Kier alpha value is -2.44. The van der Waals surface area contributed by atoms with E-state index in [0.29, 0.717) is 17.2 Å². The second-order valence-electron chi connectivity index (χ2n) is 7.64. The van der Waals surface area contributed by atoms with Gasteiger partial charge in [0.25, 0.3) is 0 Å². The van der Waals surface area contributed by atoms with E-state index in [1.165, 1.54) is 5.56 Å². The summed E-state index contributed by atoms with van der Waals surface area (Å²) in [7, 11) is 0. The fraction of sp³-hybridized carbons (Fsp3) is 0.348. The minimum Gasteiger partial charge on any atom is -0.508 e. The monoisotopic (exact) mass is 410 g/mol. The number of hydrogen-bond acceptors (Lipinski definition) is 4. The highest BCUT2D eigenvalue weighted by Crippen LogP contribution is 2.30. The van der Waals surface area contributed by atoms with E-state index < -0.39 is 5.97 Å². The maximum atomic E-state index is 11.2. The Morgan fingerprint density at radius 3 is 2.76 bits per heavy atom. The number of likely N-dealkylation sites (tertiary alicyclic amines) is 1. The smallest absolute Gasteiger partial charge is 0.335 e. The van der Waals surface area contributed by atoms with Crippen LogP contribution < -0.4 is 0 Å². The molecule has 3 N–H and O–H groups in total. The Morgan fingerprint density at radius 2 is 2.00 bits per heavy atom. The van der Waals surface area contributed by atoms with Crippen LogP contribution in [0, 0.1) is 0 Å². The summed E-state index contributed by atoms with van der Waals surface area (Å²) < 4.78 is 0. The summed E-state index contributed by atoms with van der Waals surface area (Å²) in [6.07, 6.45) is 4.26. The predicted molar refractivity (Wildman–Crippen MR) is 118 cm³/mol. The number of nitrogens with zero attached hydrogens (tertiary/aromatic N) is 1. The lowest BCUT2D eigenvalue weighted by molar-refractivity contribution is 0.0697. The van der Waals surface area contributed by atoms with E-state index in [1.807, 2.05) is 36.2 Å². The summed E-state index contributed by atoms with van der Waals surface area (Å²) in [5.41, 5.74) is 3.73. The first kappa shape index (κ1) is 19.9. The Labute approximate surface area is 174 Å². The first-order chi connectivity index (χ1) is 14.1. The zero-order valence-corrected chi connectivity index (χ0v) is 17.1. The van der Waals surface area contributed by atoms with Crippen LogP contribution in [0.2, 0.25) is 0 Å². The van der Waals surface area contributed by atoms with E-state index in [9.17, 15) is 15.0 Å². The number of carbonyl (C=O) groups is 1. The molecule has 4 rings (SSSR count). The molecule has 6 heteroatoms. The number of aromatic nitrogens is 1. The fourth-order valence-electron chi connectivity index (χ4n) is 4.08. The molecular weight excluding hydrogens is 384 g/mol. The number of phenols is 1. The summed E-state index contributed by atoms with van der Waals surface area (Å²) in [5.74, 6) is 1.95. The third kappa shape index (κ3) is 4.77. The van der Waals surface area contributed by atoms with Gasteiger partial charge in [0.05, 0.1) is 5.56 Å². The minimum atomic E-state index is -0.888. The average molecular weight is 411 g/mol. The van der Waals surface area contributed by atoms with Crippen molar-refractivity contribution in [3.05, 3.63) is 65.4 Å². The van der Waals surface area contributed by atoms with Gasteiger partial charge in [0, 0.05) is 35.2 Å². The maximum absolute atomic E-state index is 11.2. The van der Waals surface area contributed by atoms with Gasteiger partial charge in [-0.1, -0.05) is 12.1 Å². The van der Waals surface area contributed by atoms with Crippen LogP contribution in [-0.4, -0.2) is 51.5 Å². The molecular formula is C23H26N2O3S. The molecule has 2 aromatic carbocycles. The van der Waals surface area contributed by atoms with Gasteiger partial charge in [-0.15, -0.1) is 0 Å². The third-order valence-electron chi connectivity index (χ3n) is 5.75. The highest BCUT2D eigenvalue weighted by Gasteiger charge is 2.20. The van der Waals surface area contributed by atoms with E-state index >= 15 is 0 Å². The van der Waals surface area contributed by atoms with Crippen LogP contribution in [0.4, 0.5) is 0 Å². The number of carboxylic acids is 1. The predicted octanol–water partition coefficient (Wildman–Crippen LogP) is 4.68. The van der Waals surface area contributed by atoms with Crippen molar-refractivity contribution in [2.75, 3.05) is 25.4 Å². The number of fused-ring (bicyclic) bond motifs is 1. The van der Waals surface area contributed by atoms with Crippen LogP contribution in [0.5, 0.6) is 5.75 Å². The van der Waals surface area contributed by atoms with Crippen molar-refractivity contribution in [3.8, 4) is 5.75 Å². The number of aromatic carboxylic acids is 1. The van der Waals surface area contributed by atoms with Gasteiger partial charge in [-0.05, 0) is 73.3 Å². The SMILES string of the molecule is O=C(O)c1ccc2[nH]cc(CSCCN3CCC(c4cccc(O)c4)CC3)c2c1. The molecule has 29 heavy (non-hydrogen) atoms. The number of carboxylic acid groups (broad SMARTS) is 1. The quantitative estimate of drug-likeness (QED) is 0.493. The van der Waals surface area contributed by atoms with Gasteiger partial charge in [0.1, 0.15) is 5.75 Å². The second-order valence-corrected chi connectivity index (χ2v) is 8.75. The van der Waals surface area contributed by atoms with Gasteiger partial charge in [0.2, 0.25) is 0 Å². The van der Waals surface area contributed by atoms with Gasteiger partial charge < -0.3 is 20.1 Å². The molecule has 0 amide bonds. The van der Waals surface area contributed by atoms with Crippen LogP contribution in [0.1, 0.15) is 40.2 Å². The standard InChI is InChI=1S/C23H26N2O3S/c26-20-3-1-2-17(12-20)16-6-8-25(9-7-16)10-11-29-15-19-14-24-22-5-4-18(23(27)28)13-21(19)22/h1-5,12-14,16,24,26H,6-11,15H2,(H,27,28). The molecule has 1 aliphatic heterocycles. The van der Waals surface area contributed by atoms with Crippen molar-refractivity contribution < 1.29 is 15.0 Å². The van der Waals surface area contributed by atoms with Crippen LogP contribution in [0.3, 0.4) is 0 Å². The average Bonchev–Trinajstić information content (AvgIpc) is 3.14. The van der Waals surface area contributed by atoms with Crippen molar-refractivity contribution in [3.63, 3.8) is 0 Å². The number of benzene rings is 2. The molecule has 0 spiro atoms. The van der Waals surface area contributed by atoms with Crippen molar-refractivity contribution in [1.82, 2.24) is 9.88 Å². The van der Waals surface area contributed by atoms with Crippen LogP contribution >= 0.6 is 11.8 Å². The van der Waals surface area contributed by atoms with Crippen LogP contribution in [-0.2, 0) is 5.75 Å². The van der Waals surface area contributed by atoms with Crippen LogP contribution in [0.25, 0.3) is 10.9 Å². The lowest BCUT2D eigenvalue weighted by atomic mass is 9.89. The van der Waals surface area contributed by atoms with E-state index in [2.05, 4.69) is 16.0 Å². The molecule has 2 heterocycles. The van der Waals surface area contributed by atoms with E-state index in [1.54, 1.807) is 18.2 Å². The highest BCUT2D eigenvalue weighted by atomic mass is 32.2. The summed E-state index contributed by atoms with van der Waals surface area (Å²) >= 11 is 1.89. The number of nitrogens with one attached hydrogen (secondary N) is 1. The normalized spacial score (nSPS) is 15.7. The van der Waals surface area contributed by atoms with Gasteiger partial charge in [-0.3, -0.25) is 0 Å². The summed E-state index contributed by atoms with van der Waals surface area (Å²) in [4.78, 5) is 17.0. The van der Waals surface area contributed by atoms with Gasteiger partial charge >= 0.3 is 5.97 Å². The largest absolute Gasteiger partial charge is 0.508 e. The number of thioether (sulfide) groups is 1. The zero-order chi connectivity index (χ0) is 20.2. The van der Waals surface area contributed by atoms with E-state index in [0.717, 1.165) is 60.4 Å². The molecule has 5 nitrogen and oxygen atoms in total. The topological polar surface area (TPSA) is 76.6 Å². The van der Waals surface area contributed by atoms with E-state index in [-0.39, 0.29) is 0 Å². The highest BCUT2D eigenvalue weighted by molar-refractivity contribution is 7.98. The third-order valence-corrected chi connectivity index (χ3v) is 6.74. The molecule has 1 aliphatic rings. The van der Waals surface area contributed by atoms with Crippen molar-refractivity contribution in [1.29, 1.82) is 0 Å². The molecule has 0 bridgehead atoms. The molecule has 152 valence electrons. The first-order valence-electron chi connectivity index (χ1n) is 10.0. The number of H-pyrrole nitrogens is 1. The van der Waals surface area contributed by atoms with Crippen molar-refractivity contribution >= 4 is 28.6 Å². The number of piperidine rings is 1. The van der Waals surface area contributed by atoms with Gasteiger partial charge in [-0.25, -0.2) is 4.79 Å². The van der Waals surface area contributed by atoms with Crippen LogP contribution in [0.15, 0.2) is 48.7 Å². The number of aromatic amines is 1. The Kier molecular flexibility index (Phi) is 6.11. The molecule has 1 saturated heterocycles. The fourth-order valence-corrected chi connectivity index (χ4v) is 5.07. The molecule has 0 radical (unpaired) electrons. The number of aromatic hydroxyl groups is 1. The number of hydrogen-bond donors (Lipinski definition) is 3. The summed E-state index contributed by atoms with van der Waals surface area (Å²) in [5, 5.41) is 19.9. The Morgan fingerprint density at radius 1 is 1.17 bits per heavy atom. The zero-order valence-electron chi connectivity index (χ0n) is 16.3. The molecule has 0 saturated carbocycles. The van der Waals surface area contributed by atoms with E-state index in [4.69, 9.17) is 0 Å². The molecule has 1 aromatic heterocycles. The van der Waals surface area contributed by atoms with Gasteiger partial charge in [0.15, 0.2) is 0 Å². The summed E-state index contributed by atoms with van der Waals surface area (Å²) in [6, 6.07) is 12.9. The molecule has 0 aliphatic carbocycles. The maximum Gasteiger partial charge on any atom is 0.335 e. The molecule has 1 fully saturated rings.